The number of rotatable bonds is 1. The van der Waals surface area contributed by atoms with Crippen molar-refractivity contribution in [3.63, 3.8) is 0 Å². The first kappa shape index (κ1) is 7.55. The van der Waals surface area contributed by atoms with Crippen LogP contribution in [0.15, 0.2) is 24.0 Å². The summed E-state index contributed by atoms with van der Waals surface area (Å²) in [6, 6.07) is 2.18. The van der Waals surface area contributed by atoms with Crippen LogP contribution in [-0.4, -0.2) is 9.55 Å². The number of aryl methyl sites for hydroxylation is 2. The van der Waals surface area contributed by atoms with Gasteiger partial charge < -0.3 is 4.57 Å². The minimum atomic E-state index is 1.19. The first-order chi connectivity index (χ1) is 5.77. The van der Waals surface area contributed by atoms with E-state index in [9.17, 15) is 0 Å². The molecular weight excluding hydrogens is 168 g/mol. The molecule has 2 nitrogen and oxygen atoms in total. The summed E-state index contributed by atoms with van der Waals surface area (Å²) in [5.41, 5.74) is 2.50. The van der Waals surface area contributed by atoms with Gasteiger partial charge in [0.2, 0.25) is 0 Å². The maximum absolute atomic E-state index is 4.08. The number of imidazole rings is 1. The number of thiophene rings is 1. The summed E-state index contributed by atoms with van der Waals surface area (Å²) in [4.78, 5) is 5.36. The molecule has 0 fully saturated rings. The van der Waals surface area contributed by atoms with E-state index in [-0.39, 0.29) is 0 Å². The molecule has 0 amide bonds. The molecule has 2 heterocycles. The van der Waals surface area contributed by atoms with Crippen LogP contribution in [0.4, 0.5) is 0 Å². The lowest BCUT2D eigenvalue weighted by Gasteiger charge is -1.95. The largest absolute Gasteiger partial charge is 0.333 e. The Hall–Kier alpha value is -1.09. The average molecular weight is 178 g/mol. The molecule has 0 aliphatic rings. The van der Waals surface area contributed by atoms with Crippen LogP contribution in [0.1, 0.15) is 5.56 Å². The second-order valence-electron chi connectivity index (χ2n) is 2.88. The maximum Gasteiger partial charge on any atom is 0.0948 e. The van der Waals surface area contributed by atoms with E-state index < -0.39 is 0 Å². The van der Waals surface area contributed by atoms with Crippen molar-refractivity contribution < 1.29 is 0 Å². The van der Waals surface area contributed by atoms with Gasteiger partial charge in [-0.25, -0.2) is 4.98 Å². The molecule has 0 radical (unpaired) electrons. The Labute approximate surface area is 75.5 Å². The van der Waals surface area contributed by atoms with Gasteiger partial charge in [0.1, 0.15) is 0 Å². The highest BCUT2D eigenvalue weighted by Gasteiger charge is 2.03. The van der Waals surface area contributed by atoms with E-state index >= 15 is 0 Å². The molecule has 3 heteroatoms. The van der Waals surface area contributed by atoms with Crippen molar-refractivity contribution in [1.29, 1.82) is 0 Å². The van der Waals surface area contributed by atoms with Crippen molar-refractivity contribution in [2.24, 2.45) is 7.05 Å². The summed E-state index contributed by atoms with van der Waals surface area (Å²) in [6.07, 6.45) is 3.72. The van der Waals surface area contributed by atoms with Gasteiger partial charge >= 0.3 is 0 Å². The summed E-state index contributed by atoms with van der Waals surface area (Å²) in [5.74, 6) is 0. The fraction of sp³-hybridized carbons (Fsp3) is 0.222. The van der Waals surface area contributed by atoms with Crippen molar-refractivity contribution >= 4 is 11.3 Å². The standard InChI is InChI=1S/C9H10N2S/c1-7-3-9(12-5-7)8-4-10-6-11(8)2/h3-6H,1-2H3. The monoisotopic (exact) mass is 178 g/mol. The third-order valence-electron chi connectivity index (χ3n) is 1.80. The molecule has 0 bridgehead atoms. The van der Waals surface area contributed by atoms with E-state index in [1.165, 1.54) is 16.1 Å². The van der Waals surface area contributed by atoms with Gasteiger partial charge in [-0.15, -0.1) is 11.3 Å². The van der Waals surface area contributed by atoms with Crippen molar-refractivity contribution in [3.8, 4) is 10.6 Å². The quantitative estimate of drug-likeness (QED) is 0.656. The SMILES string of the molecule is Cc1csc(-c2cncn2C)c1. The predicted molar refractivity (Wildman–Crippen MR) is 51.3 cm³/mol. The van der Waals surface area contributed by atoms with E-state index in [4.69, 9.17) is 0 Å². The van der Waals surface area contributed by atoms with Crippen LogP contribution >= 0.6 is 11.3 Å². The predicted octanol–water partition coefficient (Wildman–Crippen LogP) is 2.46. The van der Waals surface area contributed by atoms with E-state index in [0.717, 1.165) is 0 Å². The highest BCUT2D eigenvalue weighted by atomic mass is 32.1. The lowest BCUT2D eigenvalue weighted by atomic mass is 10.3. The summed E-state index contributed by atoms with van der Waals surface area (Å²) >= 11 is 1.76. The minimum Gasteiger partial charge on any atom is -0.333 e. The molecule has 0 aliphatic carbocycles. The van der Waals surface area contributed by atoms with E-state index in [2.05, 4.69) is 23.4 Å². The van der Waals surface area contributed by atoms with Crippen molar-refractivity contribution in [2.45, 2.75) is 6.92 Å². The highest BCUT2D eigenvalue weighted by molar-refractivity contribution is 7.13. The Morgan fingerprint density at radius 3 is 2.83 bits per heavy atom. The van der Waals surface area contributed by atoms with Crippen LogP contribution in [0.25, 0.3) is 10.6 Å². The van der Waals surface area contributed by atoms with E-state index in [1.54, 1.807) is 11.3 Å². The second kappa shape index (κ2) is 2.75. The number of nitrogens with zero attached hydrogens (tertiary/aromatic N) is 2. The summed E-state index contributed by atoms with van der Waals surface area (Å²) in [7, 11) is 2.01. The maximum atomic E-state index is 4.08. The molecule has 0 atom stereocenters. The van der Waals surface area contributed by atoms with Gasteiger partial charge in [-0.3, -0.25) is 0 Å². The normalized spacial score (nSPS) is 10.5. The third kappa shape index (κ3) is 1.16. The van der Waals surface area contributed by atoms with Crippen molar-refractivity contribution in [2.75, 3.05) is 0 Å². The van der Waals surface area contributed by atoms with Gasteiger partial charge in [-0.2, -0.15) is 0 Å². The Kier molecular flexibility index (Phi) is 1.73. The van der Waals surface area contributed by atoms with Crippen molar-refractivity contribution in [1.82, 2.24) is 9.55 Å². The van der Waals surface area contributed by atoms with E-state index in [1.807, 2.05) is 24.1 Å². The van der Waals surface area contributed by atoms with Crippen LogP contribution in [0.2, 0.25) is 0 Å². The molecule has 0 N–H and O–H groups in total. The smallest absolute Gasteiger partial charge is 0.0948 e. The first-order valence-electron chi connectivity index (χ1n) is 3.79. The van der Waals surface area contributed by atoms with Gasteiger partial charge in [0.25, 0.3) is 0 Å². The van der Waals surface area contributed by atoms with Crippen LogP contribution in [-0.2, 0) is 7.05 Å². The molecule has 0 aliphatic heterocycles. The zero-order chi connectivity index (χ0) is 8.55. The summed E-state index contributed by atoms with van der Waals surface area (Å²) < 4.78 is 2.03. The zero-order valence-electron chi connectivity index (χ0n) is 7.11. The van der Waals surface area contributed by atoms with E-state index in [0.29, 0.717) is 0 Å². The Morgan fingerprint density at radius 2 is 2.33 bits per heavy atom. The van der Waals surface area contributed by atoms with Gasteiger partial charge in [-0.05, 0) is 23.9 Å². The fourth-order valence-corrected chi connectivity index (χ4v) is 2.11. The molecule has 0 unspecified atom stereocenters. The molecule has 0 saturated heterocycles. The first-order valence-corrected chi connectivity index (χ1v) is 4.67. The summed E-state index contributed by atoms with van der Waals surface area (Å²) in [5, 5.41) is 2.16. The molecule has 2 aromatic heterocycles. The number of aromatic nitrogens is 2. The van der Waals surface area contributed by atoms with Crippen molar-refractivity contribution in [3.05, 3.63) is 29.5 Å². The zero-order valence-corrected chi connectivity index (χ0v) is 7.93. The van der Waals surface area contributed by atoms with Gasteiger partial charge in [-0.1, -0.05) is 0 Å². The van der Waals surface area contributed by atoms with Gasteiger partial charge in [0.05, 0.1) is 23.1 Å². The Balaban J connectivity index is 2.50. The molecule has 0 spiro atoms. The number of hydrogen-bond donors (Lipinski definition) is 0. The lowest BCUT2D eigenvalue weighted by molar-refractivity contribution is 0.923. The molecule has 62 valence electrons. The van der Waals surface area contributed by atoms with Crippen LogP contribution in [0.5, 0.6) is 0 Å². The van der Waals surface area contributed by atoms with Gasteiger partial charge in [0.15, 0.2) is 0 Å². The highest BCUT2D eigenvalue weighted by Crippen LogP contribution is 2.25. The van der Waals surface area contributed by atoms with Crippen LogP contribution < -0.4 is 0 Å². The minimum absolute atomic E-state index is 1.19. The van der Waals surface area contributed by atoms with Crippen LogP contribution in [0.3, 0.4) is 0 Å². The Bertz CT molecular complexity index is 387. The lowest BCUT2D eigenvalue weighted by Crippen LogP contribution is -1.85. The third-order valence-corrected chi connectivity index (χ3v) is 2.87. The molecular formula is C9H10N2S. The number of hydrogen-bond acceptors (Lipinski definition) is 2. The summed E-state index contributed by atoms with van der Waals surface area (Å²) in [6.45, 7) is 2.11. The molecule has 2 rings (SSSR count). The van der Waals surface area contributed by atoms with Crippen LogP contribution in [0, 0.1) is 6.92 Å². The second-order valence-corrected chi connectivity index (χ2v) is 3.79. The molecule has 12 heavy (non-hydrogen) atoms. The molecule has 0 saturated carbocycles. The fourth-order valence-electron chi connectivity index (χ4n) is 1.16. The average Bonchev–Trinajstić information content (AvgIpc) is 2.58. The topological polar surface area (TPSA) is 17.8 Å². The van der Waals surface area contributed by atoms with Gasteiger partial charge in [0, 0.05) is 7.05 Å². The molecule has 2 aromatic rings. The molecule has 0 aromatic carbocycles. The Morgan fingerprint density at radius 1 is 1.50 bits per heavy atom.